The van der Waals surface area contributed by atoms with Crippen molar-refractivity contribution < 1.29 is 43.9 Å². The Labute approximate surface area is 274 Å². The van der Waals surface area contributed by atoms with E-state index in [2.05, 4.69) is 34.6 Å². The van der Waals surface area contributed by atoms with E-state index in [-0.39, 0.29) is 64.3 Å². The van der Waals surface area contributed by atoms with E-state index in [1.54, 1.807) is 13.8 Å². The number of fused-ring (bicyclic) bond motifs is 4. The van der Waals surface area contributed by atoms with E-state index >= 15 is 0 Å². The number of hydrogen-bond acceptors (Lipinski definition) is 9. The summed E-state index contributed by atoms with van der Waals surface area (Å²) >= 11 is 0. The highest BCUT2D eigenvalue weighted by molar-refractivity contribution is 5.90. The van der Waals surface area contributed by atoms with Crippen LogP contribution in [-0.2, 0) is 28.5 Å². The average molecular weight is 647 g/mol. The van der Waals surface area contributed by atoms with Crippen molar-refractivity contribution in [2.24, 2.45) is 57.2 Å². The average Bonchev–Trinajstić information content (AvgIpc) is 3.39. The van der Waals surface area contributed by atoms with Gasteiger partial charge in [-0.2, -0.15) is 0 Å². The van der Waals surface area contributed by atoms with E-state index in [0.29, 0.717) is 24.2 Å². The lowest BCUT2D eigenvalue weighted by atomic mass is 9.46. The van der Waals surface area contributed by atoms with Crippen molar-refractivity contribution in [1.29, 1.82) is 0 Å². The first-order valence-corrected chi connectivity index (χ1v) is 18.1. The van der Waals surface area contributed by atoms with Gasteiger partial charge >= 0.3 is 5.97 Å². The van der Waals surface area contributed by atoms with Gasteiger partial charge in [-0.1, -0.05) is 34.6 Å². The van der Waals surface area contributed by atoms with Gasteiger partial charge in [0.05, 0.1) is 30.5 Å². The van der Waals surface area contributed by atoms with E-state index < -0.39 is 48.4 Å². The summed E-state index contributed by atoms with van der Waals surface area (Å²) in [7, 11) is 0. The lowest BCUT2D eigenvalue weighted by Gasteiger charge is -2.59. The van der Waals surface area contributed by atoms with Crippen LogP contribution < -0.4 is 0 Å². The minimum absolute atomic E-state index is 0.00827. The fraction of sp³-hybridized carbons (Fsp3) is 0.946. The zero-order valence-electron chi connectivity index (χ0n) is 29.2. The van der Waals surface area contributed by atoms with Crippen LogP contribution in [0.5, 0.6) is 0 Å². The number of ether oxygens (including phenoxy) is 4. The lowest BCUT2D eigenvalue weighted by Crippen LogP contribution is -2.56. The first-order chi connectivity index (χ1) is 21.4. The molecule has 9 heteroatoms. The van der Waals surface area contributed by atoms with Gasteiger partial charge < -0.3 is 34.3 Å². The summed E-state index contributed by atoms with van der Waals surface area (Å²) in [6.07, 6.45) is 3.12. The molecular formula is C37H58O9. The second-order valence-corrected chi connectivity index (χ2v) is 18.1. The van der Waals surface area contributed by atoms with Crippen molar-refractivity contribution >= 4 is 11.8 Å². The molecule has 9 nitrogen and oxygen atoms in total. The predicted octanol–water partition coefficient (Wildman–Crippen LogP) is 4.42. The fourth-order valence-corrected chi connectivity index (χ4v) is 13.6. The molecule has 0 aromatic heterocycles. The summed E-state index contributed by atoms with van der Waals surface area (Å²) in [5.74, 6) is 1.40. The molecule has 0 aromatic carbocycles. The van der Waals surface area contributed by atoms with Gasteiger partial charge in [0, 0.05) is 25.2 Å². The standard InChI is InChI=1S/C37H58O9/c1-18-15-24(32(34(6,7)42)44-20(3)38)45-31-28(18)35(8)13-14-36-19(2)37(36)12-11-26(46-27-16-22(39)23(40)17-43-27)33(4,5)25(37)10-9-21(36)29(35)30(31)41/h18-19,21-29,31-32,39-40,42H,9-17H2,1-8H3/t18?,19-,21?,22?,23?,24?,25-,26?,27?,28?,29?,31?,32?,35?,36-,37?/m0/s1. The molecule has 2 heterocycles. The molecule has 2 spiro atoms. The van der Waals surface area contributed by atoms with Crippen LogP contribution in [-0.4, -0.2) is 82.2 Å². The van der Waals surface area contributed by atoms with Gasteiger partial charge in [0.1, 0.15) is 12.2 Å². The smallest absolute Gasteiger partial charge is 0.303 e. The zero-order chi connectivity index (χ0) is 33.4. The van der Waals surface area contributed by atoms with E-state index in [1.165, 1.54) is 6.92 Å². The summed E-state index contributed by atoms with van der Waals surface area (Å²) in [4.78, 5) is 26.7. The molecule has 0 radical (unpaired) electrons. The number of hydrogen-bond donors (Lipinski definition) is 3. The molecule has 0 aromatic rings. The SMILES string of the molecule is CC(=O)OC(C1CC(C)C2C(O1)C(=O)C1C3CC[C@H]4C(C)(C)C(OC5CC(O)C(O)CO5)CCC45[C@@H](C)[C@@]35CCC12C)C(C)(C)O. The van der Waals surface area contributed by atoms with Gasteiger partial charge in [-0.25, -0.2) is 0 Å². The van der Waals surface area contributed by atoms with Gasteiger partial charge in [0.2, 0.25) is 0 Å². The van der Waals surface area contributed by atoms with Gasteiger partial charge in [-0.15, -0.1) is 0 Å². The molecule has 5 aliphatic carbocycles. The summed E-state index contributed by atoms with van der Waals surface area (Å²) in [6.45, 7) is 16.5. The van der Waals surface area contributed by atoms with Crippen molar-refractivity contribution in [3.63, 3.8) is 0 Å². The Morgan fingerprint density at radius 3 is 2.37 bits per heavy atom. The number of carbonyl (C=O) groups is 2. The van der Waals surface area contributed by atoms with E-state index in [0.717, 1.165) is 38.5 Å². The maximum atomic E-state index is 14.7. The van der Waals surface area contributed by atoms with Crippen LogP contribution in [0.3, 0.4) is 0 Å². The number of rotatable bonds is 5. The lowest BCUT2D eigenvalue weighted by molar-refractivity contribution is -0.264. The third kappa shape index (κ3) is 4.40. The molecular weight excluding hydrogens is 588 g/mol. The summed E-state index contributed by atoms with van der Waals surface area (Å²) in [6, 6.07) is 0. The Hall–Kier alpha value is -1.10. The van der Waals surface area contributed by atoms with Crippen LogP contribution in [0, 0.1) is 57.2 Å². The quantitative estimate of drug-likeness (QED) is 0.293. The largest absolute Gasteiger partial charge is 0.457 e. The van der Waals surface area contributed by atoms with Crippen LogP contribution >= 0.6 is 0 Å². The van der Waals surface area contributed by atoms with Crippen molar-refractivity contribution in [3.8, 4) is 0 Å². The number of esters is 1. The highest BCUT2D eigenvalue weighted by atomic mass is 16.7. The molecule has 2 saturated heterocycles. The van der Waals surface area contributed by atoms with Gasteiger partial charge in [0.25, 0.3) is 0 Å². The molecule has 3 N–H and O–H groups in total. The number of aliphatic hydroxyl groups excluding tert-OH is 2. The van der Waals surface area contributed by atoms with Gasteiger partial charge in [-0.05, 0) is 104 Å². The molecule has 0 bridgehead atoms. The molecule has 260 valence electrons. The van der Waals surface area contributed by atoms with E-state index in [9.17, 15) is 24.9 Å². The Morgan fingerprint density at radius 2 is 1.72 bits per heavy atom. The Morgan fingerprint density at radius 1 is 1.00 bits per heavy atom. The summed E-state index contributed by atoms with van der Waals surface area (Å²) < 4.78 is 24.7. The monoisotopic (exact) mass is 646 g/mol. The zero-order valence-corrected chi connectivity index (χ0v) is 29.2. The van der Waals surface area contributed by atoms with Gasteiger partial charge in [-0.3, -0.25) is 9.59 Å². The molecule has 7 aliphatic rings. The number of Topliss-reactive ketones (excluding diaryl/α,β-unsaturated/α-hetero) is 1. The third-order valence-electron chi connectivity index (χ3n) is 15.3. The summed E-state index contributed by atoms with van der Waals surface area (Å²) in [5, 5.41) is 31.1. The number of aliphatic hydroxyl groups is 3. The normalized spacial score (nSPS) is 53.2. The van der Waals surface area contributed by atoms with E-state index in [1.807, 2.05) is 0 Å². The molecule has 16 atom stereocenters. The maximum Gasteiger partial charge on any atom is 0.303 e. The molecule has 0 amide bonds. The minimum atomic E-state index is -1.29. The van der Waals surface area contributed by atoms with Crippen LogP contribution in [0.25, 0.3) is 0 Å². The highest BCUT2D eigenvalue weighted by Crippen LogP contribution is 2.89. The van der Waals surface area contributed by atoms with Crippen LogP contribution in [0.1, 0.15) is 107 Å². The fourth-order valence-electron chi connectivity index (χ4n) is 13.6. The summed E-state index contributed by atoms with van der Waals surface area (Å²) in [5.41, 5.74) is -1.19. The molecule has 7 rings (SSSR count). The third-order valence-corrected chi connectivity index (χ3v) is 15.3. The molecule has 7 fully saturated rings. The predicted molar refractivity (Wildman–Crippen MR) is 168 cm³/mol. The maximum absolute atomic E-state index is 14.7. The Balaban J connectivity index is 1.14. The first kappa shape index (κ1) is 33.4. The first-order valence-electron chi connectivity index (χ1n) is 18.1. The topological polar surface area (TPSA) is 132 Å². The Kier molecular flexibility index (Phi) is 7.77. The van der Waals surface area contributed by atoms with Crippen molar-refractivity contribution in [3.05, 3.63) is 0 Å². The van der Waals surface area contributed by atoms with Crippen molar-refractivity contribution in [2.45, 2.75) is 155 Å². The van der Waals surface area contributed by atoms with Crippen LogP contribution in [0.4, 0.5) is 0 Å². The van der Waals surface area contributed by atoms with Gasteiger partial charge in [0.15, 0.2) is 18.2 Å². The van der Waals surface area contributed by atoms with Crippen molar-refractivity contribution in [2.75, 3.05) is 6.61 Å². The van der Waals surface area contributed by atoms with Crippen molar-refractivity contribution in [1.82, 2.24) is 0 Å². The highest BCUT2D eigenvalue weighted by Gasteiger charge is 2.86. The second kappa shape index (κ2) is 10.7. The molecule has 13 unspecified atom stereocenters. The van der Waals surface area contributed by atoms with E-state index in [4.69, 9.17) is 18.9 Å². The Bertz CT molecular complexity index is 1240. The molecule has 2 aliphatic heterocycles. The number of ketones is 1. The minimum Gasteiger partial charge on any atom is -0.457 e. The molecule has 5 saturated carbocycles. The number of carbonyl (C=O) groups excluding carboxylic acids is 2. The van der Waals surface area contributed by atoms with Crippen LogP contribution in [0.2, 0.25) is 0 Å². The molecule has 46 heavy (non-hydrogen) atoms. The van der Waals surface area contributed by atoms with Crippen LogP contribution in [0.15, 0.2) is 0 Å². The second-order valence-electron chi connectivity index (χ2n) is 18.1.